The molecule has 3 aromatic carbocycles. The van der Waals surface area contributed by atoms with E-state index in [0.717, 1.165) is 5.39 Å². The molecule has 0 fully saturated rings. The Labute approximate surface area is 181 Å². The van der Waals surface area contributed by atoms with E-state index in [-0.39, 0.29) is 17.3 Å². The highest BCUT2D eigenvalue weighted by molar-refractivity contribution is 7.91. The minimum absolute atomic E-state index is 0.00503. The van der Waals surface area contributed by atoms with Crippen molar-refractivity contribution >= 4 is 32.7 Å². The number of halogens is 1. The summed E-state index contributed by atoms with van der Waals surface area (Å²) in [5, 5.41) is 1.30. The predicted octanol–water partition coefficient (Wildman–Crippen LogP) is 5.45. The molecular weight excluding hydrogens is 419 g/mol. The quantitative estimate of drug-likeness (QED) is 0.359. The topological polar surface area (TPSA) is 69.7 Å². The van der Waals surface area contributed by atoms with Crippen molar-refractivity contribution in [1.82, 2.24) is 0 Å². The number of ether oxygens (including phenoxy) is 2. The smallest absolute Gasteiger partial charge is 0.330 e. The molecule has 3 rings (SSSR count). The number of fused-ring (bicyclic) bond motifs is 1. The van der Waals surface area contributed by atoms with E-state index in [4.69, 9.17) is 9.47 Å². The van der Waals surface area contributed by atoms with Gasteiger partial charge in [-0.2, -0.15) is 0 Å². The number of hydrogen-bond donors (Lipinski definition) is 0. The molecule has 0 N–H and O–H groups in total. The van der Waals surface area contributed by atoms with Crippen molar-refractivity contribution in [3.05, 3.63) is 71.6 Å². The summed E-state index contributed by atoms with van der Waals surface area (Å²) >= 11 is 0. The van der Waals surface area contributed by atoms with Crippen molar-refractivity contribution in [2.45, 2.75) is 25.7 Å². The molecule has 0 saturated carbocycles. The second kappa shape index (κ2) is 9.31. The molecule has 0 aliphatic carbocycles. The standard InChI is InChI=1S/C24H23FO5S/c1-4-29-23(26)13-7-17-14-18-6-8-19(25)15-22(18)24(16(17)3)30-20-9-11-21(12-10-20)31(27,28)5-2/h6-15H,4-5H2,1-3H3. The Balaban J connectivity index is 2.06. The molecule has 0 spiro atoms. The average molecular weight is 443 g/mol. The van der Waals surface area contributed by atoms with Gasteiger partial charge in [-0.1, -0.05) is 13.0 Å². The first kappa shape index (κ1) is 22.5. The molecule has 0 radical (unpaired) electrons. The minimum Gasteiger partial charge on any atom is -0.463 e. The van der Waals surface area contributed by atoms with E-state index >= 15 is 0 Å². The van der Waals surface area contributed by atoms with Gasteiger partial charge in [-0.25, -0.2) is 17.6 Å². The first-order chi connectivity index (χ1) is 14.7. The molecular formula is C24H23FO5S. The van der Waals surface area contributed by atoms with Crippen LogP contribution >= 0.6 is 0 Å². The van der Waals surface area contributed by atoms with Crippen molar-refractivity contribution in [1.29, 1.82) is 0 Å². The van der Waals surface area contributed by atoms with Crippen LogP contribution in [0.1, 0.15) is 25.0 Å². The first-order valence-electron chi connectivity index (χ1n) is 9.83. The molecule has 3 aromatic rings. The zero-order valence-corrected chi connectivity index (χ0v) is 18.3. The third-order valence-corrected chi connectivity index (χ3v) is 6.56. The normalized spacial score (nSPS) is 11.7. The molecule has 0 bridgehead atoms. The summed E-state index contributed by atoms with van der Waals surface area (Å²) in [4.78, 5) is 11.9. The number of sulfone groups is 1. The number of esters is 1. The van der Waals surface area contributed by atoms with Gasteiger partial charge in [0, 0.05) is 11.5 Å². The van der Waals surface area contributed by atoms with Crippen LogP contribution in [0.15, 0.2) is 59.5 Å². The predicted molar refractivity (Wildman–Crippen MR) is 119 cm³/mol. The van der Waals surface area contributed by atoms with Crippen LogP contribution in [0.3, 0.4) is 0 Å². The Kier molecular flexibility index (Phi) is 6.75. The average Bonchev–Trinajstić information content (AvgIpc) is 2.75. The summed E-state index contributed by atoms with van der Waals surface area (Å²) in [5.74, 6) is -0.0282. The monoisotopic (exact) mass is 442 g/mol. The summed E-state index contributed by atoms with van der Waals surface area (Å²) in [5.41, 5.74) is 1.41. The van der Waals surface area contributed by atoms with Crippen molar-refractivity contribution in [2.24, 2.45) is 0 Å². The lowest BCUT2D eigenvalue weighted by atomic mass is 9.99. The van der Waals surface area contributed by atoms with E-state index in [1.807, 2.05) is 6.07 Å². The fourth-order valence-electron chi connectivity index (χ4n) is 3.11. The van der Waals surface area contributed by atoms with Crippen LogP contribution in [-0.4, -0.2) is 26.7 Å². The fourth-order valence-corrected chi connectivity index (χ4v) is 4.00. The zero-order valence-electron chi connectivity index (χ0n) is 17.5. The second-order valence-corrected chi connectivity index (χ2v) is 9.13. The number of carbonyl (C=O) groups is 1. The third kappa shape index (κ3) is 5.11. The zero-order chi connectivity index (χ0) is 22.6. The van der Waals surface area contributed by atoms with Crippen LogP contribution in [0, 0.1) is 12.7 Å². The van der Waals surface area contributed by atoms with E-state index in [1.165, 1.54) is 30.3 Å². The van der Waals surface area contributed by atoms with Gasteiger partial charge in [0.05, 0.1) is 17.3 Å². The largest absolute Gasteiger partial charge is 0.463 e. The molecule has 0 saturated heterocycles. The molecule has 0 aliphatic rings. The third-order valence-electron chi connectivity index (χ3n) is 4.81. The van der Waals surface area contributed by atoms with Crippen molar-refractivity contribution in [2.75, 3.05) is 12.4 Å². The molecule has 0 aliphatic heterocycles. The van der Waals surface area contributed by atoms with Gasteiger partial charge in [-0.3, -0.25) is 0 Å². The second-order valence-electron chi connectivity index (χ2n) is 6.85. The van der Waals surface area contributed by atoms with Gasteiger partial charge in [0.25, 0.3) is 0 Å². The van der Waals surface area contributed by atoms with Crippen LogP contribution < -0.4 is 4.74 Å². The van der Waals surface area contributed by atoms with Crippen molar-refractivity contribution in [3.8, 4) is 11.5 Å². The molecule has 0 atom stereocenters. The van der Waals surface area contributed by atoms with Crippen molar-refractivity contribution < 1.29 is 27.1 Å². The van der Waals surface area contributed by atoms with E-state index < -0.39 is 21.6 Å². The van der Waals surface area contributed by atoms with Crippen LogP contribution in [0.2, 0.25) is 0 Å². The maximum Gasteiger partial charge on any atom is 0.330 e. The van der Waals surface area contributed by atoms with Gasteiger partial charge in [-0.05, 0) is 78.9 Å². The Morgan fingerprint density at radius 1 is 1.06 bits per heavy atom. The highest BCUT2D eigenvalue weighted by Gasteiger charge is 2.15. The Bertz CT molecular complexity index is 1250. The van der Waals surface area contributed by atoms with Gasteiger partial charge in [0.2, 0.25) is 0 Å². The summed E-state index contributed by atoms with van der Waals surface area (Å²) in [6, 6.07) is 12.3. The Morgan fingerprint density at radius 3 is 2.42 bits per heavy atom. The van der Waals surface area contributed by atoms with Crippen LogP contribution in [0.5, 0.6) is 11.5 Å². The van der Waals surface area contributed by atoms with Crippen molar-refractivity contribution in [3.63, 3.8) is 0 Å². The molecule has 7 heteroatoms. The maximum absolute atomic E-state index is 14.0. The highest BCUT2D eigenvalue weighted by Crippen LogP contribution is 2.37. The number of rotatable bonds is 7. The Hall–Kier alpha value is -3.19. The highest BCUT2D eigenvalue weighted by atomic mass is 32.2. The van der Waals surface area contributed by atoms with Crippen LogP contribution in [0.4, 0.5) is 4.39 Å². The van der Waals surface area contributed by atoms with E-state index in [0.29, 0.717) is 28.0 Å². The van der Waals surface area contributed by atoms with Gasteiger partial charge < -0.3 is 9.47 Å². The molecule has 162 valence electrons. The van der Waals surface area contributed by atoms with E-state index in [1.54, 1.807) is 45.0 Å². The maximum atomic E-state index is 14.0. The lowest BCUT2D eigenvalue weighted by molar-refractivity contribution is -0.137. The van der Waals surface area contributed by atoms with Gasteiger partial charge in [-0.15, -0.1) is 0 Å². The first-order valence-corrected chi connectivity index (χ1v) is 11.5. The van der Waals surface area contributed by atoms with Gasteiger partial charge >= 0.3 is 5.97 Å². The number of benzene rings is 3. The summed E-state index contributed by atoms with van der Waals surface area (Å²) in [6.07, 6.45) is 2.95. The SMILES string of the molecule is CCOC(=O)C=Cc1cc2ccc(F)cc2c(Oc2ccc(S(=O)(=O)CC)cc2)c1C. The number of carbonyl (C=O) groups excluding carboxylic acids is 1. The van der Waals surface area contributed by atoms with Crippen LogP contribution in [-0.2, 0) is 19.4 Å². The lowest BCUT2D eigenvalue weighted by Gasteiger charge is -2.15. The fraction of sp³-hybridized carbons (Fsp3) is 0.208. The van der Waals surface area contributed by atoms with Crippen LogP contribution in [0.25, 0.3) is 16.8 Å². The Morgan fingerprint density at radius 2 is 1.77 bits per heavy atom. The van der Waals surface area contributed by atoms with E-state index in [2.05, 4.69) is 0 Å². The molecule has 31 heavy (non-hydrogen) atoms. The summed E-state index contributed by atoms with van der Waals surface area (Å²) in [6.45, 7) is 5.39. The number of hydrogen-bond acceptors (Lipinski definition) is 5. The molecule has 0 amide bonds. The van der Waals surface area contributed by atoms with E-state index in [9.17, 15) is 17.6 Å². The molecule has 5 nitrogen and oxygen atoms in total. The lowest BCUT2D eigenvalue weighted by Crippen LogP contribution is -2.03. The van der Waals surface area contributed by atoms with Gasteiger partial charge in [0.15, 0.2) is 9.84 Å². The minimum atomic E-state index is -3.32. The summed E-state index contributed by atoms with van der Waals surface area (Å²) < 4.78 is 49.0. The summed E-state index contributed by atoms with van der Waals surface area (Å²) in [7, 11) is -3.32. The molecule has 0 aromatic heterocycles. The molecule has 0 heterocycles. The van der Waals surface area contributed by atoms with Gasteiger partial charge in [0.1, 0.15) is 17.3 Å². The molecule has 0 unspecified atom stereocenters.